The molecule has 4 nitrogen and oxygen atoms in total. The molecule has 1 heterocycles. The molecule has 7 heteroatoms. The van der Waals surface area contributed by atoms with Crippen LogP contribution in [0, 0.1) is 0 Å². The standard InChI is InChI=1S/C19H17F3N2O2/c20-19(21,22)14-8-6-13(7-9-14)18-24-15-11-12(5-10-16(15)26-18)3-1-2-4-17(23)25/h5-11H,1-4H2,(H2,23,25). The maximum atomic E-state index is 12.6. The maximum Gasteiger partial charge on any atom is 0.416 e. The summed E-state index contributed by atoms with van der Waals surface area (Å²) in [5.74, 6) is -0.0299. The summed E-state index contributed by atoms with van der Waals surface area (Å²) in [4.78, 5) is 15.1. The number of amides is 1. The number of aryl methyl sites for hydroxylation is 1. The molecular weight excluding hydrogens is 345 g/mol. The van der Waals surface area contributed by atoms with Gasteiger partial charge in [0.15, 0.2) is 5.58 Å². The lowest BCUT2D eigenvalue weighted by Crippen LogP contribution is -2.09. The molecule has 26 heavy (non-hydrogen) atoms. The van der Waals surface area contributed by atoms with Gasteiger partial charge in [0.05, 0.1) is 5.56 Å². The Balaban J connectivity index is 1.75. The average molecular weight is 362 g/mol. The average Bonchev–Trinajstić information content (AvgIpc) is 3.01. The van der Waals surface area contributed by atoms with Gasteiger partial charge in [-0.2, -0.15) is 13.2 Å². The first kappa shape index (κ1) is 18.0. The zero-order valence-electron chi connectivity index (χ0n) is 13.8. The van der Waals surface area contributed by atoms with Crippen molar-refractivity contribution in [2.45, 2.75) is 31.9 Å². The van der Waals surface area contributed by atoms with Gasteiger partial charge in [-0.1, -0.05) is 6.07 Å². The van der Waals surface area contributed by atoms with E-state index in [9.17, 15) is 18.0 Å². The number of hydrogen-bond donors (Lipinski definition) is 1. The highest BCUT2D eigenvalue weighted by molar-refractivity contribution is 5.77. The molecule has 1 aromatic heterocycles. The lowest BCUT2D eigenvalue weighted by Gasteiger charge is -2.05. The molecule has 2 N–H and O–H groups in total. The second-order valence-electron chi connectivity index (χ2n) is 6.07. The van der Waals surface area contributed by atoms with Crippen LogP contribution in [0.15, 0.2) is 46.9 Å². The number of carbonyl (C=O) groups excluding carboxylic acids is 1. The molecule has 0 fully saturated rings. The molecule has 0 bridgehead atoms. The number of primary amides is 1. The number of carbonyl (C=O) groups is 1. The molecule has 0 aliphatic heterocycles. The predicted octanol–water partition coefficient (Wildman–Crippen LogP) is 4.71. The van der Waals surface area contributed by atoms with Crippen LogP contribution in [0.2, 0.25) is 0 Å². The monoisotopic (exact) mass is 362 g/mol. The van der Waals surface area contributed by atoms with Crippen LogP contribution in [0.1, 0.15) is 30.4 Å². The number of nitrogens with zero attached hydrogens (tertiary/aromatic N) is 1. The van der Waals surface area contributed by atoms with E-state index >= 15 is 0 Å². The van der Waals surface area contributed by atoms with Gasteiger partial charge in [-0.15, -0.1) is 0 Å². The molecule has 0 aliphatic rings. The van der Waals surface area contributed by atoms with Crippen LogP contribution in [0.3, 0.4) is 0 Å². The van der Waals surface area contributed by atoms with Crippen molar-refractivity contribution in [2.24, 2.45) is 5.73 Å². The van der Waals surface area contributed by atoms with Crippen LogP contribution in [-0.2, 0) is 17.4 Å². The van der Waals surface area contributed by atoms with Crippen molar-refractivity contribution in [3.05, 3.63) is 53.6 Å². The van der Waals surface area contributed by atoms with E-state index in [0.29, 0.717) is 23.1 Å². The fourth-order valence-electron chi connectivity index (χ4n) is 2.68. The second-order valence-corrected chi connectivity index (χ2v) is 6.07. The smallest absolute Gasteiger partial charge is 0.416 e. The SMILES string of the molecule is NC(=O)CCCCc1ccc2oc(-c3ccc(C(F)(F)F)cc3)nc2c1. The summed E-state index contributed by atoms with van der Waals surface area (Å²) in [5, 5.41) is 0. The lowest BCUT2D eigenvalue weighted by atomic mass is 10.1. The minimum Gasteiger partial charge on any atom is -0.436 e. The van der Waals surface area contributed by atoms with E-state index < -0.39 is 11.7 Å². The number of hydrogen-bond acceptors (Lipinski definition) is 3. The Bertz CT molecular complexity index is 915. The number of aromatic nitrogens is 1. The Morgan fingerprint density at radius 3 is 2.46 bits per heavy atom. The van der Waals surface area contributed by atoms with Crippen molar-refractivity contribution >= 4 is 17.0 Å². The summed E-state index contributed by atoms with van der Waals surface area (Å²) in [6.07, 6.45) is -1.67. The first-order valence-corrected chi connectivity index (χ1v) is 8.18. The highest BCUT2D eigenvalue weighted by Crippen LogP contribution is 2.31. The molecule has 136 valence electrons. The van der Waals surface area contributed by atoms with E-state index in [1.807, 2.05) is 12.1 Å². The molecule has 3 aromatic rings. The predicted molar refractivity (Wildman–Crippen MR) is 91.2 cm³/mol. The third-order valence-corrected chi connectivity index (χ3v) is 4.05. The molecule has 0 atom stereocenters. The van der Waals surface area contributed by atoms with Crippen LogP contribution >= 0.6 is 0 Å². The number of rotatable bonds is 6. The van der Waals surface area contributed by atoms with Gasteiger partial charge in [0.1, 0.15) is 5.52 Å². The van der Waals surface area contributed by atoms with Crippen LogP contribution in [0.25, 0.3) is 22.6 Å². The minimum absolute atomic E-state index is 0.277. The molecule has 0 unspecified atom stereocenters. The van der Waals surface area contributed by atoms with Gasteiger partial charge < -0.3 is 10.2 Å². The Morgan fingerprint density at radius 2 is 1.81 bits per heavy atom. The number of nitrogens with two attached hydrogens (primary N) is 1. The highest BCUT2D eigenvalue weighted by atomic mass is 19.4. The molecular formula is C19H17F3N2O2. The molecule has 0 saturated carbocycles. The van der Waals surface area contributed by atoms with Crippen molar-refractivity contribution in [1.29, 1.82) is 0 Å². The minimum atomic E-state index is -4.37. The molecule has 2 aromatic carbocycles. The van der Waals surface area contributed by atoms with E-state index in [1.54, 1.807) is 6.07 Å². The summed E-state index contributed by atoms with van der Waals surface area (Å²) in [6.45, 7) is 0. The Morgan fingerprint density at radius 1 is 1.08 bits per heavy atom. The summed E-state index contributed by atoms with van der Waals surface area (Å²) in [6, 6.07) is 10.3. The van der Waals surface area contributed by atoms with Gasteiger partial charge in [0, 0.05) is 12.0 Å². The molecule has 3 rings (SSSR count). The molecule has 1 amide bonds. The van der Waals surface area contributed by atoms with Gasteiger partial charge in [0.2, 0.25) is 11.8 Å². The summed E-state index contributed by atoms with van der Waals surface area (Å²) >= 11 is 0. The Kier molecular flexibility index (Phi) is 4.97. The molecule has 0 radical (unpaired) electrons. The van der Waals surface area contributed by atoms with E-state index in [0.717, 1.165) is 37.0 Å². The Labute approximate surface area is 147 Å². The van der Waals surface area contributed by atoms with E-state index in [2.05, 4.69) is 4.98 Å². The van der Waals surface area contributed by atoms with Crippen LogP contribution < -0.4 is 5.73 Å². The van der Waals surface area contributed by atoms with E-state index in [4.69, 9.17) is 10.2 Å². The summed E-state index contributed by atoms with van der Waals surface area (Å²) < 4.78 is 43.6. The number of alkyl halides is 3. The first-order chi connectivity index (χ1) is 12.3. The van der Waals surface area contributed by atoms with Crippen molar-refractivity contribution in [3.63, 3.8) is 0 Å². The largest absolute Gasteiger partial charge is 0.436 e. The molecule has 0 aliphatic carbocycles. The zero-order chi connectivity index (χ0) is 18.7. The summed E-state index contributed by atoms with van der Waals surface area (Å²) in [5.41, 5.74) is 7.15. The topological polar surface area (TPSA) is 69.1 Å². The quantitative estimate of drug-likeness (QED) is 0.646. The third kappa shape index (κ3) is 4.22. The maximum absolute atomic E-state index is 12.6. The van der Waals surface area contributed by atoms with Gasteiger partial charge in [-0.25, -0.2) is 4.98 Å². The number of halogens is 3. The Hall–Kier alpha value is -2.83. The van der Waals surface area contributed by atoms with E-state index in [-0.39, 0.29) is 11.8 Å². The highest BCUT2D eigenvalue weighted by Gasteiger charge is 2.30. The van der Waals surface area contributed by atoms with Crippen LogP contribution in [0.5, 0.6) is 0 Å². The number of oxazole rings is 1. The summed E-state index contributed by atoms with van der Waals surface area (Å²) in [7, 11) is 0. The fraction of sp³-hybridized carbons (Fsp3) is 0.263. The molecule has 0 spiro atoms. The molecule has 0 saturated heterocycles. The van der Waals surface area contributed by atoms with Gasteiger partial charge in [-0.3, -0.25) is 4.79 Å². The van der Waals surface area contributed by atoms with Crippen molar-refractivity contribution in [1.82, 2.24) is 4.98 Å². The normalized spacial score (nSPS) is 11.8. The van der Waals surface area contributed by atoms with Gasteiger partial charge in [0.25, 0.3) is 0 Å². The number of benzene rings is 2. The third-order valence-electron chi connectivity index (χ3n) is 4.05. The van der Waals surface area contributed by atoms with E-state index in [1.165, 1.54) is 12.1 Å². The lowest BCUT2D eigenvalue weighted by molar-refractivity contribution is -0.137. The van der Waals surface area contributed by atoms with Crippen LogP contribution in [0.4, 0.5) is 13.2 Å². The number of fused-ring (bicyclic) bond motifs is 1. The second kappa shape index (κ2) is 7.19. The first-order valence-electron chi connectivity index (χ1n) is 8.18. The number of unbranched alkanes of at least 4 members (excludes halogenated alkanes) is 1. The fourth-order valence-corrected chi connectivity index (χ4v) is 2.68. The zero-order valence-corrected chi connectivity index (χ0v) is 13.8. The van der Waals surface area contributed by atoms with Gasteiger partial charge >= 0.3 is 6.18 Å². The van der Waals surface area contributed by atoms with Crippen molar-refractivity contribution < 1.29 is 22.4 Å². The van der Waals surface area contributed by atoms with Crippen molar-refractivity contribution in [3.8, 4) is 11.5 Å². The van der Waals surface area contributed by atoms with Crippen molar-refractivity contribution in [2.75, 3.05) is 0 Å². The van der Waals surface area contributed by atoms with Gasteiger partial charge in [-0.05, 0) is 61.2 Å². The van der Waals surface area contributed by atoms with Crippen LogP contribution in [-0.4, -0.2) is 10.9 Å².